The first-order valence-corrected chi connectivity index (χ1v) is 17.0. The van der Waals surface area contributed by atoms with E-state index in [2.05, 4.69) is 19.7 Å². The van der Waals surface area contributed by atoms with E-state index in [9.17, 15) is 21.0 Å². The molecular formula is C20H20BrN3O5S5. The minimum absolute atomic E-state index is 0.0892. The number of amidine groups is 1. The number of aryl methyl sites for hydroxylation is 1. The van der Waals surface area contributed by atoms with E-state index in [1.54, 1.807) is 18.4 Å². The van der Waals surface area contributed by atoms with Crippen LogP contribution < -0.4 is 5.73 Å². The lowest BCUT2D eigenvalue weighted by Crippen LogP contribution is -2.13. The molecule has 3 N–H and O–H groups in total. The van der Waals surface area contributed by atoms with Crippen molar-refractivity contribution in [2.45, 2.75) is 30.7 Å². The fourth-order valence-corrected chi connectivity index (χ4v) is 12.1. The number of nitrogen functional groups attached to an aromatic ring is 1. The minimum Gasteiger partial charge on any atom is -0.383 e. The molecule has 2 aromatic carbocycles. The maximum atomic E-state index is 14.6. The zero-order valence-corrected chi connectivity index (χ0v) is 23.8. The van der Waals surface area contributed by atoms with Crippen molar-refractivity contribution < 1.29 is 21.0 Å². The Kier molecular flexibility index (Phi) is 7.70. The number of halogens is 1. The summed E-state index contributed by atoms with van der Waals surface area (Å²) in [6.45, 7) is 1.45. The Bertz CT molecular complexity index is 1640. The zero-order chi connectivity index (χ0) is 25.5. The molecule has 0 saturated heterocycles. The van der Waals surface area contributed by atoms with Crippen molar-refractivity contribution in [1.29, 1.82) is 5.41 Å². The molecule has 0 aliphatic rings. The van der Waals surface area contributed by atoms with Gasteiger partial charge in [-0.05, 0) is 49.1 Å². The standard InChI is InChI=1S/C20H20BrN3O5S5/c1-12-6-4-9-16(32(3,25)26)18(12)34(28,29)24-33(27,14-8-5-7-13(21)10-14)17-11-15(19(22)23)31-20(17)30-2/h4-11H,1-3H3,(H3,22,23). The zero-order valence-electron chi connectivity index (χ0n) is 18.1. The van der Waals surface area contributed by atoms with Crippen molar-refractivity contribution in [2.24, 2.45) is 9.50 Å². The lowest BCUT2D eigenvalue weighted by Gasteiger charge is -2.14. The van der Waals surface area contributed by atoms with Gasteiger partial charge in [-0.25, -0.2) is 12.6 Å². The number of nitrogens with one attached hydrogen (secondary N) is 1. The van der Waals surface area contributed by atoms with Gasteiger partial charge in [0.15, 0.2) is 9.84 Å². The molecule has 0 aliphatic carbocycles. The van der Waals surface area contributed by atoms with Gasteiger partial charge in [-0.3, -0.25) is 5.41 Å². The Labute approximate surface area is 215 Å². The van der Waals surface area contributed by atoms with E-state index in [4.69, 9.17) is 11.1 Å². The first-order chi connectivity index (χ1) is 15.7. The molecule has 34 heavy (non-hydrogen) atoms. The number of benzene rings is 2. The predicted molar refractivity (Wildman–Crippen MR) is 140 cm³/mol. The summed E-state index contributed by atoms with van der Waals surface area (Å²) in [7, 11) is -12.5. The van der Waals surface area contributed by atoms with Crippen molar-refractivity contribution >= 4 is 74.5 Å². The van der Waals surface area contributed by atoms with Crippen LogP contribution in [0.2, 0.25) is 0 Å². The lowest BCUT2D eigenvalue weighted by molar-refractivity contribution is 0.585. The van der Waals surface area contributed by atoms with Crippen LogP contribution in [0.15, 0.2) is 80.6 Å². The molecule has 3 aromatic rings. The quantitative estimate of drug-likeness (QED) is 0.224. The Hall–Kier alpha value is -1.71. The summed E-state index contributed by atoms with van der Waals surface area (Å²) in [5.74, 6) is -0.260. The number of hydrogen-bond donors (Lipinski definition) is 2. The van der Waals surface area contributed by atoms with Crippen molar-refractivity contribution in [3.05, 3.63) is 63.4 Å². The van der Waals surface area contributed by atoms with Crippen molar-refractivity contribution in [2.75, 3.05) is 12.5 Å². The third-order valence-electron chi connectivity index (χ3n) is 4.57. The topological polar surface area (TPSA) is 148 Å². The summed E-state index contributed by atoms with van der Waals surface area (Å²) in [6.07, 6.45) is 2.62. The van der Waals surface area contributed by atoms with Gasteiger partial charge in [0.05, 0.1) is 23.8 Å². The predicted octanol–water partition coefficient (Wildman–Crippen LogP) is 4.50. The highest BCUT2D eigenvalue weighted by Crippen LogP contribution is 2.40. The van der Waals surface area contributed by atoms with E-state index in [1.165, 1.54) is 55.1 Å². The van der Waals surface area contributed by atoms with Crippen molar-refractivity contribution in [3.8, 4) is 0 Å². The average molecular weight is 623 g/mol. The molecule has 8 nitrogen and oxygen atoms in total. The molecule has 1 atom stereocenters. The molecule has 3 rings (SSSR count). The van der Waals surface area contributed by atoms with E-state index in [0.717, 1.165) is 17.6 Å². The second-order valence-electron chi connectivity index (χ2n) is 7.09. The van der Waals surface area contributed by atoms with Crippen LogP contribution >= 0.6 is 39.0 Å². The van der Waals surface area contributed by atoms with Crippen LogP contribution in [0.3, 0.4) is 0 Å². The Morgan fingerprint density at radius 1 is 1.06 bits per heavy atom. The summed E-state index contributed by atoms with van der Waals surface area (Å²) in [5, 5.41) is 7.77. The van der Waals surface area contributed by atoms with Gasteiger partial charge in [0.25, 0.3) is 10.0 Å². The molecule has 0 radical (unpaired) electrons. The summed E-state index contributed by atoms with van der Waals surface area (Å²) in [5.41, 5.74) is 5.79. The molecule has 1 heterocycles. The Balaban J connectivity index is 2.50. The monoisotopic (exact) mass is 621 g/mol. The van der Waals surface area contributed by atoms with E-state index in [1.807, 2.05) is 0 Å². The number of nitrogens with two attached hydrogens (primary N) is 1. The molecule has 14 heteroatoms. The number of rotatable bonds is 7. The molecule has 0 bridgehead atoms. The third-order valence-corrected chi connectivity index (χ3v) is 13.4. The molecule has 182 valence electrons. The Morgan fingerprint density at radius 3 is 2.26 bits per heavy atom. The molecular weight excluding hydrogens is 602 g/mol. The van der Waals surface area contributed by atoms with Crippen LogP contribution in [0.5, 0.6) is 0 Å². The van der Waals surface area contributed by atoms with Gasteiger partial charge in [0, 0.05) is 10.7 Å². The number of hydrogen-bond acceptors (Lipinski definition) is 8. The van der Waals surface area contributed by atoms with Crippen molar-refractivity contribution in [1.82, 2.24) is 0 Å². The first-order valence-electron chi connectivity index (χ1n) is 9.31. The summed E-state index contributed by atoms with van der Waals surface area (Å²) < 4.78 is 71.5. The summed E-state index contributed by atoms with van der Waals surface area (Å²) in [6, 6.07) is 11.7. The van der Waals surface area contributed by atoms with E-state index in [-0.39, 0.29) is 21.2 Å². The van der Waals surface area contributed by atoms with Crippen LogP contribution in [0.1, 0.15) is 10.4 Å². The first kappa shape index (κ1) is 26.9. The van der Waals surface area contributed by atoms with Gasteiger partial charge in [-0.2, -0.15) is 8.42 Å². The Morgan fingerprint density at radius 2 is 1.71 bits per heavy atom. The second-order valence-corrected chi connectivity index (χ2v) is 16.0. The molecule has 0 fully saturated rings. The second kappa shape index (κ2) is 9.74. The number of thiophene rings is 1. The van der Waals surface area contributed by atoms with Gasteiger partial charge in [-0.15, -0.1) is 23.1 Å². The van der Waals surface area contributed by atoms with Gasteiger partial charge in [-0.1, -0.05) is 37.9 Å². The highest BCUT2D eigenvalue weighted by molar-refractivity contribution is 9.10. The molecule has 1 aromatic heterocycles. The lowest BCUT2D eigenvalue weighted by atomic mass is 10.2. The SMILES string of the molecule is CSc1sc(C(=N)N)cc1S(=O)(=NS(=O)(=O)c1c(C)cccc1S(C)(=O)=O)c1cccc(Br)c1. The van der Waals surface area contributed by atoms with Gasteiger partial charge < -0.3 is 5.73 Å². The van der Waals surface area contributed by atoms with Gasteiger partial charge >= 0.3 is 0 Å². The normalized spacial score (nSPS) is 13.9. The number of sulfone groups is 1. The van der Waals surface area contributed by atoms with E-state index < -0.39 is 39.4 Å². The molecule has 0 saturated carbocycles. The van der Waals surface area contributed by atoms with Gasteiger partial charge in [0.1, 0.15) is 20.5 Å². The maximum absolute atomic E-state index is 14.6. The number of nitrogens with zero attached hydrogens (tertiary/aromatic N) is 1. The molecule has 1 unspecified atom stereocenters. The maximum Gasteiger partial charge on any atom is 0.292 e. The van der Waals surface area contributed by atoms with Crippen LogP contribution in [-0.2, 0) is 29.6 Å². The molecule has 0 aliphatic heterocycles. The average Bonchev–Trinajstić information content (AvgIpc) is 3.18. The van der Waals surface area contributed by atoms with Crippen LogP contribution in [0.25, 0.3) is 0 Å². The molecule has 0 amide bonds. The number of thioether (sulfide) groups is 1. The highest BCUT2D eigenvalue weighted by atomic mass is 79.9. The largest absolute Gasteiger partial charge is 0.383 e. The van der Waals surface area contributed by atoms with Gasteiger partial charge in [0.2, 0.25) is 0 Å². The third kappa shape index (κ3) is 5.26. The van der Waals surface area contributed by atoms with Crippen LogP contribution in [0.4, 0.5) is 0 Å². The smallest absolute Gasteiger partial charge is 0.292 e. The van der Waals surface area contributed by atoms with E-state index in [0.29, 0.717) is 13.6 Å². The fourth-order valence-electron chi connectivity index (χ4n) is 3.10. The summed E-state index contributed by atoms with van der Waals surface area (Å²) >= 11 is 5.63. The van der Waals surface area contributed by atoms with E-state index >= 15 is 0 Å². The number of sulfonamides is 1. The summed E-state index contributed by atoms with van der Waals surface area (Å²) in [4.78, 5) is -0.447. The van der Waals surface area contributed by atoms with Crippen LogP contribution in [-0.4, -0.2) is 39.4 Å². The fraction of sp³-hybridized carbons (Fsp3) is 0.150. The molecule has 0 spiro atoms. The highest BCUT2D eigenvalue weighted by Gasteiger charge is 2.31. The minimum atomic E-state index is -4.74. The van der Waals surface area contributed by atoms with Crippen molar-refractivity contribution in [3.63, 3.8) is 0 Å². The van der Waals surface area contributed by atoms with Crippen LogP contribution in [0, 0.1) is 12.3 Å².